The zero-order valence-electron chi connectivity index (χ0n) is 13.1. The lowest BCUT2D eigenvalue weighted by Gasteiger charge is -2.26. The van der Waals surface area contributed by atoms with Crippen molar-refractivity contribution in [3.63, 3.8) is 0 Å². The Labute approximate surface area is 123 Å². The van der Waals surface area contributed by atoms with Gasteiger partial charge in [-0.1, -0.05) is 32.0 Å². The van der Waals surface area contributed by atoms with Gasteiger partial charge in [-0.2, -0.15) is 0 Å². The SMILES string of the molecule is CC(CCSc1ccccc1)C(C)CNC(C)(C)C. The van der Waals surface area contributed by atoms with E-state index >= 15 is 0 Å². The highest BCUT2D eigenvalue weighted by Gasteiger charge is 2.15. The van der Waals surface area contributed by atoms with Crippen LogP contribution in [0.4, 0.5) is 0 Å². The number of thioether (sulfide) groups is 1. The highest BCUT2D eigenvalue weighted by Crippen LogP contribution is 2.23. The molecular weight excluding hydrogens is 250 g/mol. The Balaban J connectivity index is 2.21. The Kier molecular flexibility index (Phi) is 6.95. The summed E-state index contributed by atoms with van der Waals surface area (Å²) in [7, 11) is 0. The van der Waals surface area contributed by atoms with Gasteiger partial charge in [0.15, 0.2) is 0 Å². The van der Waals surface area contributed by atoms with E-state index in [1.807, 2.05) is 11.8 Å². The molecule has 1 aromatic rings. The number of hydrogen-bond acceptors (Lipinski definition) is 2. The Hall–Kier alpha value is -0.470. The minimum absolute atomic E-state index is 0.229. The molecule has 0 saturated carbocycles. The van der Waals surface area contributed by atoms with E-state index in [1.165, 1.54) is 17.1 Å². The summed E-state index contributed by atoms with van der Waals surface area (Å²) in [6.07, 6.45) is 1.28. The molecule has 0 spiro atoms. The van der Waals surface area contributed by atoms with Crippen LogP contribution in [0.25, 0.3) is 0 Å². The van der Waals surface area contributed by atoms with Crippen molar-refractivity contribution in [3.05, 3.63) is 30.3 Å². The van der Waals surface area contributed by atoms with Crippen LogP contribution >= 0.6 is 11.8 Å². The molecule has 0 aromatic heterocycles. The van der Waals surface area contributed by atoms with Crippen LogP contribution in [0.3, 0.4) is 0 Å². The molecule has 0 fully saturated rings. The van der Waals surface area contributed by atoms with E-state index < -0.39 is 0 Å². The zero-order valence-corrected chi connectivity index (χ0v) is 13.9. The van der Waals surface area contributed by atoms with E-state index in [2.05, 4.69) is 70.3 Å². The molecule has 0 radical (unpaired) electrons. The molecule has 1 aromatic carbocycles. The summed E-state index contributed by atoms with van der Waals surface area (Å²) in [5, 5.41) is 3.60. The first-order chi connectivity index (χ1) is 8.88. The smallest absolute Gasteiger partial charge is 0.00966 e. The third kappa shape index (κ3) is 7.64. The van der Waals surface area contributed by atoms with Gasteiger partial charge in [0.05, 0.1) is 0 Å². The molecule has 0 aliphatic carbocycles. The van der Waals surface area contributed by atoms with E-state index in [9.17, 15) is 0 Å². The molecule has 19 heavy (non-hydrogen) atoms. The van der Waals surface area contributed by atoms with Gasteiger partial charge in [-0.3, -0.25) is 0 Å². The predicted octanol–water partition coefficient (Wildman–Crippen LogP) is 4.83. The van der Waals surface area contributed by atoms with Gasteiger partial charge in [0, 0.05) is 10.4 Å². The van der Waals surface area contributed by atoms with Gasteiger partial charge in [-0.25, -0.2) is 0 Å². The molecule has 0 saturated heterocycles. The lowest BCUT2D eigenvalue weighted by Crippen LogP contribution is -2.39. The monoisotopic (exact) mass is 279 g/mol. The fourth-order valence-corrected chi connectivity index (χ4v) is 2.91. The van der Waals surface area contributed by atoms with Gasteiger partial charge in [0.1, 0.15) is 0 Å². The Morgan fingerprint density at radius 3 is 2.26 bits per heavy atom. The quantitative estimate of drug-likeness (QED) is 0.718. The standard InChI is InChI=1S/C17H29NS/c1-14(15(2)13-18-17(3,4)5)11-12-19-16-9-7-6-8-10-16/h6-10,14-15,18H,11-13H2,1-5H3. The van der Waals surface area contributed by atoms with Gasteiger partial charge in [0.25, 0.3) is 0 Å². The third-order valence-corrected chi connectivity index (χ3v) is 4.56. The van der Waals surface area contributed by atoms with E-state index in [4.69, 9.17) is 0 Å². The maximum atomic E-state index is 3.60. The fraction of sp³-hybridized carbons (Fsp3) is 0.647. The van der Waals surface area contributed by atoms with Crippen molar-refractivity contribution >= 4 is 11.8 Å². The van der Waals surface area contributed by atoms with Crippen LogP contribution in [0.1, 0.15) is 41.0 Å². The van der Waals surface area contributed by atoms with Crippen molar-refractivity contribution in [2.75, 3.05) is 12.3 Å². The minimum Gasteiger partial charge on any atom is -0.312 e. The summed E-state index contributed by atoms with van der Waals surface area (Å²) < 4.78 is 0. The largest absolute Gasteiger partial charge is 0.312 e. The van der Waals surface area contributed by atoms with Crippen LogP contribution in [0, 0.1) is 11.8 Å². The summed E-state index contributed by atoms with van der Waals surface area (Å²) >= 11 is 1.97. The molecule has 0 aliphatic heterocycles. The van der Waals surface area contributed by atoms with Crippen molar-refractivity contribution in [1.29, 1.82) is 0 Å². The molecule has 0 heterocycles. The highest BCUT2D eigenvalue weighted by atomic mass is 32.2. The summed E-state index contributed by atoms with van der Waals surface area (Å²) in [6, 6.07) is 10.7. The molecule has 0 aliphatic rings. The van der Waals surface area contributed by atoms with E-state index in [-0.39, 0.29) is 5.54 Å². The molecule has 1 rings (SSSR count). The van der Waals surface area contributed by atoms with E-state index in [1.54, 1.807) is 0 Å². The first-order valence-corrected chi connectivity index (χ1v) is 8.30. The fourth-order valence-electron chi connectivity index (χ4n) is 1.83. The lowest BCUT2D eigenvalue weighted by molar-refractivity contribution is 0.314. The molecule has 2 unspecified atom stereocenters. The lowest BCUT2D eigenvalue weighted by atomic mass is 9.92. The predicted molar refractivity (Wildman–Crippen MR) is 87.9 cm³/mol. The molecule has 2 atom stereocenters. The van der Waals surface area contributed by atoms with Gasteiger partial charge in [0.2, 0.25) is 0 Å². The second-order valence-corrected chi connectivity index (χ2v) is 7.70. The van der Waals surface area contributed by atoms with Gasteiger partial charge in [-0.05, 0) is 63.5 Å². The number of rotatable bonds is 7. The van der Waals surface area contributed by atoms with E-state index in [0.717, 1.165) is 18.4 Å². The van der Waals surface area contributed by atoms with Crippen LogP contribution in [0.15, 0.2) is 35.2 Å². The van der Waals surface area contributed by atoms with Crippen LogP contribution in [0.2, 0.25) is 0 Å². The molecule has 0 bridgehead atoms. The average Bonchev–Trinajstić information content (AvgIpc) is 2.36. The van der Waals surface area contributed by atoms with Gasteiger partial charge < -0.3 is 5.32 Å². The van der Waals surface area contributed by atoms with Crippen molar-refractivity contribution < 1.29 is 0 Å². The molecule has 1 N–H and O–H groups in total. The van der Waals surface area contributed by atoms with Crippen LogP contribution in [-0.4, -0.2) is 17.8 Å². The third-order valence-electron chi connectivity index (χ3n) is 3.51. The topological polar surface area (TPSA) is 12.0 Å². The summed E-state index contributed by atoms with van der Waals surface area (Å²) in [4.78, 5) is 1.38. The first kappa shape index (κ1) is 16.6. The van der Waals surface area contributed by atoms with Crippen LogP contribution in [-0.2, 0) is 0 Å². The van der Waals surface area contributed by atoms with Crippen molar-refractivity contribution in [1.82, 2.24) is 5.32 Å². The molecule has 0 amide bonds. The molecular formula is C17H29NS. The molecule has 2 heteroatoms. The zero-order chi connectivity index (χ0) is 14.3. The maximum absolute atomic E-state index is 3.60. The number of hydrogen-bond donors (Lipinski definition) is 1. The molecule has 1 nitrogen and oxygen atoms in total. The first-order valence-electron chi connectivity index (χ1n) is 7.31. The second-order valence-electron chi connectivity index (χ2n) is 6.54. The summed E-state index contributed by atoms with van der Waals surface area (Å²) in [6.45, 7) is 12.5. The number of nitrogens with one attached hydrogen (secondary N) is 1. The average molecular weight is 279 g/mol. The Bertz CT molecular complexity index is 342. The summed E-state index contributed by atoms with van der Waals surface area (Å²) in [5.74, 6) is 2.71. The van der Waals surface area contributed by atoms with Crippen molar-refractivity contribution in [2.24, 2.45) is 11.8 Å². The van der Waals surface area contributed by atoms with Crippen LogP contribution < -0.4 is 5.32 Å². The van der Waals surface area contributed by atoms with E-state index in [0.29, 0.717) is 0 Å². The highest BCUT2D eigenvalue weighted by molar-refractivity contribution is 7.99. The summed E-state index contributed by atoms with van der Waals surface area (Å²) in [5.41, 5.74) is 0.229. The van der Waals surface area contributed by atoms with Gasteiger partial charge >= 0.3 is 0 Å². The van der Waals surface area contributed by atoms with Crippen LogP contribution in [0.5, 0.6) is 0 Å². The second kappa shape index (κ2) is 7.96. The Morgan fingerprint density at radius 2 is 1.68 bits per heavy atom. The van der Waals surface area contributed by atoms with Crippen molar-refractivity contribution in [2.45, 2.75) is 51.5 Å². The number of benzene rings is 1. The normalized spacial score (nSPS) is 15.2. The Morgan fingerprint density at radius 1 is 1.05 bits per heavy atom. The minimum atomic E-state index is 0.229. The van der Waals surface area contributed by atoms with Gasteiger partial charge in [-0.15, -0.1) is 11.8 Å². The van der Waals surface area contributed by atoms with Crippen molar-refractivity contribution in [3.8, 4) is 0 Å². The molecule has 108 valence electrons. The maximum Gasteiger partial charge on any atom is 0.00966 e.